The highest BCUT2D eigenvalue weighted by Gasteiger charge is 2.08. The van der Waals surface area contributed by atoms with Crippen LogP contribution in [0.2, 0.25) is 0 Å². The molecule has 0 aliphatic heterocycles. The van der Waals surface area contributed by atoms with Crippen molar-refractivity contribution in [1.82, 2.24) is 0 Å². The maximum absolute atomic E-state index is 2.43. The van der Waals surface area contributed by atoms with Gasteiger partial charge in [0.05, 0.1) is 0 Å². The van der Waals surface area contributed by atoms with Crippen molar-refractivity contribution in [2.24, 2.45) is 5.92 Å². The summed E-state index contributed by atoms with van der Waals surface area (Å²) in [6, 6.07) is 0. The van der Waals surface area contributed by atoms with Crippen LogP contribution in [-0.4, -0.2) is 0 Å². The monoisotopic (exact) mass is 178 g/mol. The largest absolute Gasteiger partial charge is 0.0837 e. The Hall–Kier alpha value is -0.520. The summed E-state index contributed by atoms with van der Waals surface area (Å²) in [7, 11) is 0. The molecule has 0 nitrogen and oxygen atoms in total. The Bertz CT molecular complexity index is 186. The third-order valence-corrected chi connectivity index (χ3v) is 2.81. The molecule has 0 saturated heterocycles. The maximum Gasteiger partial charge on any atom is -0.0159 e. The average molecular weight is 178 g/mol. The molecule has 13 heavy (non-hydrogen) atoms. The highest BCUT2D eigenvalue weighted by atomic mass is 14.1. The molecule has 0 radical (unpaired) electrons. The normalized spacial score (nSPS) is 24.5. The van der Waals surface area contributed by atoms with E-state index in [2.05, 4.69) is 32.1 Å². The zero-order chi connectivity index (χ0) is 9.52. The molecule has 0 amide bonds. The summed E-state index contributed by atoms with van der Waals surface area (Å²) in [5, 5.41) is 0. The Morgan fingerprint density at radius 2 is 2.23 bits per heavy atom. The van der Waals surface area contributed by atoms with Gasteiger partial charge in [-0.3, -0.25) is 0 Å². The Balaban J connectivity index is 2.12. The summed E-state index contributed by atoms with van der Waals surface area (Å²) in [6.45, 7) is 4.58. The predicted octanol–water partition coefficient (Wildman–Crippen LogP) is 4.48. The fraction of sp³-hybridized carbons (Fsp3) is 0.692. The van der Waals surface area contributed by atoms with Crippen LogP contribution in [0.5, 0.6) is 0 Å². The lowest BCUT2D eigenvalue weighted by atomic mass is 10.0. The summed E-state index contributed by atoms with van der Waals surface area (Å²) in [6.07, 6.45) is 15.1. The summed E-state index contributed by atoms with van der Waals surface area (Å²) in [5.74, 6) is 0.783. The molecule has 0 aromatic rings. The first-order valence-electron chi connectivity index (χ1n) is 5.71. The van der Waals surface area contributed by atoms with Crippen molar-refractivity contribution in [2.75, 3.05) is 0 Å². The van der Waals surface area contributed by atoms with Crippen LogP contribution in [0.3, 0.4) is 0 Å². The van der Waals surface area contributed by atoms with Gasteiger partial charge in [0.15, 0.2) is 0 Å². The van der Waals surface area contributed by atoms with E-state index < -0.39 is 0 Å². The van der Waals surface area contributed by atoms with Gasteiger partial charge in [0.2, 0.25) is 0 Å². The molecule has 1 rings (SSSR count). The molecule has 0 heterocycles. The quantitative estimate of drug-likeness (QED) is 0.544. The van der Waals surface area contributed by atoms with Gasteiger partial charge in [-0.15, -0.1) is 0 Å². The molecule has 1 aliphatic carbocycles. The van der Waals surface area contributed by atoms with Gasteiger partial charge in [-0.2, -0.15) is 0 Å². The lowest BCUT2D eigenvalue weighted by Gasteiger charge is -2.03. The molecular formula is C13H22. The van der Waals surface area contributed by atoms with E-state index in [9.17, 15) is 0 Å². The first-order valence-corrected chi connectivity index (χ1v) is 5.71. The molecule has 0 saturated carbocycles. The molecule has 0 N–H and O–H groups in total. The van der Waals surface area contributed by atoms with E-state index in [0.29, 0.717) is 0 Å². The van der Waals surface area contributed by atoms with E-state index in [0.717, 1.165) is 5.92 Å². The molecule has 0 fully saturated rings. The summed E-state index contributed by atoms with van der Waals surface area (Å²) < 4.78 is 0. The third-order valence-electron chi connectivity index (χ3n) is 2.81. The van der Waals surface area contributed by atoms with Crippen LogP contribution in [0.1, 0.15) is 52.4 Å². The van der Waals surface area contributed by atoms with Gasteiger partial charge < -0.3 is 0 Å². The van der Waals surface area contributed by atoms with E-state index in [1.807, 2.05) is 0 Å². The van der Waals surface area contributed by atoms with Crippen LogP contribution >= 0.6 is 0 Å². The smallest absolute Gasteiger partial charge is 0.0159 e. The van der Waals surface area contributed by atoms with Gasteiger partial charge in [0, 0.05) is 0 Å². The zero-order valence-corrected chi connectivity index (χ0v) is 9.05. The van der Waals surface area contributed by atoms with Crippen molar-refractivity contribution >= 4 is 0 Å². The van der Waals surface area contributed by atoms with Crippen LogP contribution in [-0.2, 0) is 0 Å². The van der Waals surface area contributed by atoms with E-state index in [4.69, 9.17) is 0 Å². The molecule has 74 valence electrons. The van der Waals surface area contributed by atoms with Gasteiger partial charge in [0.1, 0.15) is 0 Å². The summed E-state index contributed by atoms with van der Waals surface area (Å²) >= 11 is 0. The Morgan fingerprint density at radius 3 is 2.85 bits per heavy atom. The minimum absolute atomic E-state index is 0.783. The van der Waals surface area contributed by atoms with Gasteiger partial charge in [-0.05, 0) is 30.8 Å². The SMILES string of the molecule is CCCCCC/C=C1\C=CC[C@@H]1C. The second-order valence-electron chi connectivity index (χ2n) is 4.09. The van der Waals surface area contributed by atoms with E-state index in [-0.39, 0.29) is 0 Å². The lowest BCUT2D eigenvalue weighted by Crippen LogP contribution is -1.89. The van der Waals surface area contributed by atoms with Crippen LogP contribution in [0, 0.1) is 5.92 Å². The number of hydrogen-bond donors (Lipinski definition) is 0. The fourth-order valence-electron chi connectivity index (χ4n) is 1.82. The highest BCUT2D eigenvalue weighted by molar-refractivity contribution is 5.26. The summed E-state index contributed by atoms with van der Waals surface area (Å²) in [4.78, 5) is 0. The minimum Gasteiger partial charge on any atom is -0.0837 e. The number of allylic oxidation sites excluding steroid dienone is 4. The van der Waals surface area contributed by atoms with Crippen LogP contribution in [0.15, 0.2) is 23.8 Å². The molecule has 1 atom stereocenters. The first-order chi connectivity index (χ1) is 6.34. The van der Waals surface area contributed by atoms with Crippen molar-refractivity contribution < 1.29 is 0 Å². The standard InChI is InChI=1S/C13H22/c1-3-4-5-6-7-10-13-11-8-9-12(13)2/h8,10-12H,3-7,9H2,1-2H3/b13-10+/t12-/m0/s1. The van der Waals surface area contributed by atoms with E-state index in [1.54, 1.807) is 5.57 Å². The number of unbranched alkanes of at least 4 members (excludes halogenated alkanes) is 4. The van der Waals surface area contributed by atoms with E-state index >= 15 is 0 Å². The number of rotatable bonds is 5. The average Bonchev–Trinajstić information content (AvgIpc) is 2.52. The predicted molar refractivity (Wildman–Crippen MR) is 59.8 cm³/mol. The van der Waals surface area contributed by atoms with Crippen LogP contribution < -0.4 is 0 Å². The molecule has 0 aromatic heterocycles. The molecule has 1 aliphatic rings. The maximum atomic E-state index is 2.43. The Morgan fingerprint density at radius 1 is 1.38 bits per heavy atom. The molecule has 0 spiro atoms. The molecule has 0 bridgehead atoms. The Labute approximate surface area is 82.7 Å². The van der Waals surface area contributed by atoms with Crippen LogP contribution in [0.25, 0.3) is 0 Å². The lowest BCUT2D eigenvalue weighted by molar-refractivity contribution is 0.668. The minimum atomic E-state index is 0.783. The fourth-order valence-corrected chi connectivity index (χ4v) is 1.82. The van der Waals surface area contributed by atoms with Crippen molar-refractivity contribution in [2.45, 2.75) is 52.4 Å². The molecular weight excluding hydrogens is 156 g/mol. The Kier molecular flexibility index (Phi) is 4.88. The van der Waals surface area contributed by atoms with Gasteiger partial charge in [0.25, 0.3) is 0 Å². The second kappa shape index (κ2) is 6.01. The van der Waals surface area contributed by atoms with E-state index in [1.165, 1.54) is 38.5 Å². The topological polar surface area (TPSA) is 0 Å². The number of hydrogen-bond acceptors (Lipinski definition) is 0. The van der Waals surface area contributed by atoms with Crippen molar-refractivity contribution in [3.63, 3.8) is 0 Å². The molecule has 0 unspecified atom stereocenters. The first kappa shape index (κ1) is 10.6. The second-order valence-corrected chi connectivity index (χ2v) is 4.09. The summed E-state index contributed by atoms with van der Waals surface area (Å²) in [5.41, 5.74) is 1.57. The van der Waals surface area contributed by atoms with Crippen LogP contribution in [0.4, 0.5) is 0 Å². The van der Waals surface area contributed by atoms with Gasteiger partial charge >= 0.3 is 0 Å². The highest BCUT2D eigenvalue weighted by Crippen LogP contribution is 2.24. The van der Waals surface area contributed by atoms with Crippen molar-refractivity contribution in [3.8, 4) is 0 Å². The molecule has 0 aromatic carbocycles. The van der Waals surface area contributed by atoms with Gasteiger partial charge in [-0.1, -0.05) is 51.3 Å². The van der Waals surface area contributed by atoms with Crippen molar-refractivity contribution in [3.05, 3.63) is 23.8 Å². The molecule has 0 heteroatoms. The van der Waals surface area contributed by atoms with Crippen molar-refractivity contribution in [1.29, 1.82) is 0 Å². The zero-order valence-electron chi connectivity index (χ0n) is 9.05. The third kappa shape index (κ3) is 3.80. The van der Waals surface area contributed by atoms with Gasteiger partial charge in [-0.25, -0.2) is 0 Å².